The van der Waals surface area contributed by atoms with E-state index in [0.29, 0.717) is 11.5 Å². The second-order valence-corrected chi connectivity index (χ2v) is 6.32. The number of phenols is 1. The van der Waals surface area contributed by atoms with E-state index in [1.165, 1.54) is 5.56 Å². The molecule has 0 aliphatic heterocycles. The van der Waals surface area contributed by atoms with Gasteiger partial charge in [-0.25, -0.2) is 0 Å². The maximum absolute atomic E-state index is 9.71. The van der Waals surface area contributed by atoms with E-state index in [2.05, 4.69) is 42.8 Å². The second-order valence-electron chi connectivity index (χ2n) is 5.46. The molecule has 0 aliphatic rings. The SMILES string of the molecule is CC(C)(C)c1ccc(Oc2ccccc2O)c(Br)c1. The fraction of sp³-hybridized carbons (Fsp3) is 0.250. The Hall–Kier alpha value is -1.48. The van der Waals surface area contributed by atoms with E-state index in [1.807, 2.05) is 18.2 Å². The summed E-state index contributed by atoms with van der Waals surface area (Å²) in [7, 11) is 0. The molecule has 0 heterocycles. The molecule has 2 aromatic carbocycles. The van der Waals surface area contributed by atoms with E-state index < -0.39 is 0 Å². The molecule has 0 bridgehead atoms. The average molecular weight is 321 g/mol. The zero-order valence-electron chi connectivity index (χ0n) is 11.3. The van der Waals surface area contributed by atoms with E-state index in [-0.39, 0.29) is 11.2 Å². The van der Waals surface area contributed by atoms with Crippen LogP contribution in [0.3, 0.4) is 0 Å². The third-order valence-corrected chi connectivity index (χ3v) is 3.50. The second kappa shape index (κ2) is 5.25. The molecule has 2 aromatic rings. The number of rotatable bonds is 2. The van der Waals surface area contributed by atoms with Crippen LogP contribution in [0.2, 0.25) is 0 Å². The van der Waals surface area contributed by atoms with Crippen molar-refractivity contribution in [3.05, 3.63) is 52.5 Å². The molecule has 0 unspecified atom stereocenters. The highest BCUT2D eigenvalue weighted by Crippen LogP contribution is 2.36. The zero-order chi connectivity index (χ0) is 14.0. The highest BCUT2D eigenvalue weighted by Gasteiger charge is 2.15. The lowest BCUT2D eigenvalue weighted by Gasteiger charge is -2.20. The Morgan fingerprint density at radius 3 is 2.26 bits per heavy atom. The predicted molar refractivity (Wildman–Crippen MR) is 81.0 cm³/mol. The first-order valence-corrected chi connectivity index (χ1v) is 6.93. The summed E-state index contributed by atoms with van der Waals surface area (Å²) in [6.07, 6.45) is 0. The van der Waals surface area contributed by atoms with E-state index in [1.54, 1.807) is 18.2 Å². The average Bonchev–Trinajstić information content (AvgIpc) is 2.33. The summed E-state index contributed by atoms with van der Waals surface area (Å²) >= 11 is 3.52. The van der Waals surface area contributed by atoms with Crippen molar-refractivity contribution in [2.45, 2.75) is 26.2 Å². The molecule has 3 heteroatoms. The van der Waals surface area contributed by atoms with Gasteiger partial charge >= 0.3 is 0 Å². The first kappa shape index (κ1) is 13.9. The lowest BCUT2D eigenvalue weighted by atomic mass is 9.87. The quantitative estimate of drug-likeness (QED) is 0.819. The van der Waals surface area contributed by atoms with Gasteiger partial charge in [0.15, 0.2) is 11.5 Å². The molecule has 19 heavy (non-hydrogen) atoms. The highest BCUT2D eigenvalue weighted by atomic mass is 79.9. The van der Waals surface area contributed by atoms with Crippen LogP contribution in [0.5, 0.6) is 17.2 Å². The van der Waals surface area contributed by atoms with Crippen LogP contribution >= 0.6 is 15.9 Å². The Bertz CT molecular complexity index is 586. The molecule has 2 nitrogen and oxygen atoms in total. The minimum absolute atomic E-state index is 0.0932. The molecule has 0 aromatic heterocycles. The standard InChI is InChI=1S/C16H17BrO2/c1-16(2,3)11-8-9-14(12(17)10-11)19-15-7-5-4-6-13(15)18/h4-10,18H,1-3H3. The fourth-order valence-corrected chi connectivity index (χ4v) is 2.17. The molecule has 1 N–H and O–H groups in total. The van der Waals surface area contributed by atoms with Crippen LogP contribution < -0.4 is 4.74 Å². The Morgan fingerprint density at radius 1 is 1.00 bits per heavy atom. The molecule has 2 rings (SSSR count). The third-order valence-electron chi connectivity index (χ3n) is 2.88. The monoisotopic (exact) mass is 320 g/mol. The topological polar surface area (TPSA) is 29.5 Å². The van der Waals surface area contributed by atoms with Crippen LogP contribution in [-0.2, 0) is 5.41 Å². The van der Waals surface area contributed by atoms with Crippen molar-refractivity contribution >= 4 is 15.9 Å². The minimum atomic E-state index is 0.0932. The summed E-state index contributed by atoms with van der Waals surface area (Å²) < 4.78 is 6.59. The van der Waals surface area contributed by atoms with Gasteiger partial charge in [-0.1, -0.05) is 39.0 Å². The van der Waals surface area contributed by atoms with Gasteiger partial charge in [-0.2, -0.15) is 0 Å². The molecule has 0 spiro atoms. The van der Waals surface area contributed by atoms with Gasteiger partial charge in [-0.3, -0.25) is 0 Å². The van der Waals surface area contributed by atoms with Gasteiger partial charge in [0.2, 0.25) is 0 Å². The number of aromatic hydroxyl groups is 1. The molecular formula is C16H17BrO2. The first-order valence-electron chi connectivity index (χ1n) is 6.14. The minimum Gasteiger partial charge on any atom is -0.504 e. The summed E-state index contributed by atoms with van der Waals surface area (Å²) in [4.78, 5) is 0. The van der Waals surface area contributed by atoms with Crippen molar-refractivity contribution in [1.82, 2.24) is 0 Å². The summed E-state index contributed by atoms with van der Waals surface area (Å²) in [5.74, 6) is 1.27. The van der Waals surface area contributed by atoms with E-state index >= 15 is 0 Å². The maximum atomic E-state index is 9.71. The van der Waals surface area contributed by atoms with Gasteiger partial charge in [0.05, 0.1) is 4.47 Å². The maximum Gasteiger partial charge on any atom is 0.169 e. The molecule has 0 radical (unpaired) electrons. The normalized spacial score (nSPS) is 11.4. The molecule has 100 valence electrons. The van der Waals surface area contributed by atoms with E-state index in [9.17, 15) is 5.11 Å². The van der Waals surface area contributed by atoms with Gasteiger partial charge < -0.3 is 9.84 Å². The lowest BCUT2D eigenvalue weighted by Crippen LogP contribution is -2.10. The van der Waals surface area contributed by atoms with Gasteiger partial charge in [0.1, 0.15) is 5.75 Å². The number of benzene rings is 2. The van der Waals surface area contributed by atoms with Crippen molar-refractivity contribution < 1.29 is 9.84 Å². The molecular weight excluding hydrogens is 304 g/mol. The zero-order valence-corrected chi connectivity index (χ0v) is 12.9. The Morgan fingerprint density at radius 2 is 1.68 bits per heavy atom. The highest BCUT2D eigenvalue weighted by molar-refractivity contribution is 9.10. The van der Waals surface area contributed by atoms with Crippen LogP contribution in [-0.4, -0.2) is 5.11 Å². The van der Waals surface area contributed by atoms with Crippen molar-refractivity contribution in [2.75, 3.05) is 0 Å². The number of hydrogen-bond acceptors (Lipinski definition) is 2. The third kappa shape index (κ3) is 3.29. The molecule has 0 saturated heterocycles. The number of halogens is 1. The van der Waals surface area contributed by atoms with Crippen molar-refractivity contribution in [3.63, 3.8) is 0 Å². The lowest BCUT2D eigenvalue weighted by molar-refractivity contribution is 0.410. The molecule has 0 atom stereocenters. The fourth-order valence-electron chi connectivity index (χ4n) is 1.71. The smallest absolute Gasteiger partial charge is 0.169 e. The molecule has 0 amide bonds. The number of para-hydroxylation sites is 2. The van der Waals surface area contributed by atoms with Crippen LogP contribution in [0.4, 0.5) is 0 Å². The summed E-state index contributed by atoms with van der Waals surface area (Å²) in [5, 5.41) is 9.71. The molecule has 0 fully saturated rings. The largest absolute Gasteiger partial charge is 0.504 e. The molecule has 0 aliphatic carbocycles. The van der Waals surface area contributed by atoms with Crippen LogP contribution in [0.15, 0.2) is 46.9 Å². The van der Waals surface area contributed by atoms with Crippen molar-refractivity contribution in [3.8, 4) is 17.2 Å². The van der Waals surface area contributed by atoms with Gasteiger partial charge in [-0.05, 0) is 51.2 Å². The Balaban J connectivity index is 2.30. The summed E-state index contributed by atoms with van der Waals surface area (Å²) in [6, 6.07) is 12.9. The van der Waals surface area contributed by atoms with Crippen LogP contribution in [0, 0.1) is 0 Å². The van der Waals surface area contributed by atoms with Gasteiger partial charge in [0.25, 0.3) is 0 Å². The summed E-state index contributed by atoms with van der Waals surface area (Å²) in [6.45, 7) is 6.50. The van der Waals surface area contributed by atoms with Gasteiger partial charge in [-0.15, -0.1) is 0 Å². The van der Waals surface area contributed by atoms with Crippen LogP contribution in [0.25, 0.3) is 0 Å². The predicted octanol–water partition coefficient (Wildman–Crippen LogP) is 5.24. The number of ether oxygens (including phenoxy) is 1. The number of hydrogen-bond donors (Lipinski definition) is 1. The van der Waals surface area contributed by atoms with Gasteiger partial charge in [0, 0.05) is 0 Å². The first-order chi connectivity index (χ1) is 8.88. The summed E-state index contributed by atoms with van der Waals surface area (Å²) in [5.41, 5.74) is 1.32. The van der Waals surface area contributed by atoms with Crippen molar-refractivity contribution in [1.29, 1.82) is 0 Å². The number of phenolic OH excluding ortho intramolecular Hbond substituents is 1. The molecule has 0 saturated carbocycles. The van der Waals surface area contributed by atoms with Crippen LogP contribution in [0.1, 0.15) is 26.3 Å². The Kier molecular flexibility index (Phi) is 3.85. The Labute approximate surface area is 122 Å². The van der Waals surface area contributed by atoms with Crippen molar-refractivity contribution in [2.24, 2.45) is 0 Å². The van der Waals surface area contributed by atoms with E-state index in [0.717, 1.165) is 4.47 Å². The van der Waals surface area contributed by atoms with E-state index in [4.69, 9.17) is 4.74 Å².